The molecule has 178 valence electrons. The van der Waals surface area contributed by atoms with Crippen molar-refractivity contribution in [2.24, 2.45) is 0 Å². The Hall–Kier alpha value is -3.36. The molecule has 0 unspecified atom stereocenters. The first kappa shape index (κ1) is 24.8. The van der Waals surface area contributed by atoms with E-state index < -0.39 is 0 Å². The highest BCUT2D eigenvalue weighted by atomic mass is 14.4. The molecule has 2 heteroatoms. The van der Waals surface area contributed by atoms with Crippen LogP contribution in [0.4, 0.5) is 0 Å². The molecule has 3 aromatic rings. The van der Waals surface area contributed by atoms with E-state index in [9.17, 15) is 10.5 Å². The summed E-state index contributed by atoms with van der Waals surface area (Å²) in [4.78, 5) is 0. The van der Waals surface area contributed by atoms with Gasteiger partial charge in [0.05, 0.1) is 23.3 Å². The maximum atomic E-state index is 9.78. The second-order valence-corrected chi connectivity index (χ2v) is 9.99. The predicted molar refractivity (Wildman–Crippen MR) is 145 cm³/mol. The zero-order valence-corrected chi connectivity index (χ0v) is 21.2. The van der Waals surface area contributed by atoms with Crippen molar-refractivity contribution in [2.45, 2.75) is 83.5 Å². The normalized spacial score (nSPS) is 13.0. The predicted octanol–water partition coefficient (Wildman–Crippen LogP) is 9.30. The van der Waals surface area contributed by atoms with Crippen molar-refractivity contribution in [2.75, 3.05) is 0 Å². The van der Waals surface area contributed by atoms with E-state index in [0.29, 0.717) is 11.1 Å². The van der Waals surface area contributed by atoms with Gasteiger partial charge in [0.2, 0.25) is 0 Å². The molecule has 1 aliphatic carbocycles. The highest BCUT2D eigenvalue weighted by Crippen LogP contribution is 2.55. The third-order valence-corrected chi connectivity index (χ3v) is 7.76. The summed E-state index contributed by atoms with van der Waals surface area (Å²) in [5, 5.41) is 19.3. The summed E-state index contributed by atoms with van der Waals surface area (Å²) in [6.45, 7) is 4.55. The Bertz CT molecular complexity index is 1240. The zero-order valence-electron chi connectivity index (χ0n) is 21.2. The van der Waals surface area contributed by atoms with Crippen LogP contribution in [0.3, 0.4) is 0 Å². The van der Waals surface area contributed by atoms with Gasteiger partial charge in [-0.1, -0.05) is 102 Å². The van der Waals surface area contributed by atoms with Crippen LogP contribution in [0.2, 0.25) is 0 Å². The molecule has 35 heavy (non-hydrogen) atoms. The van der Waals surface area contributed by atoms with Gasteiger partial charge in [0, 0.05) is 11.0 Å². The fourth-order valence-electron chi connectivity index (χ4n) is 5.94. The van der Waals surface area contributed by atoms with Crippen LogP contribution < -0.4 is 0 Å². The van der Waals surface area contributed by atoms with Crippen LogP contribution >= 0.6 is 0 Å². The number of unbranched alkanes of at least 4 members (excludes halogenated alkanes) is 6. The lowest BCUT2D eigenvalue weighted by atomic mass is 9.70. The number of nitriles is 2. The average Bonchev–Trinajstić information content (AvgIpc) is 3.18. The van der Waals surface area contributed by atoms with Crippen molar-refractivity contribution in [3.8, 4) is 34.4 Å². The molecule has 0 heterocycles. The van der Waals surface area contributed by atoms with Crippen LogP contribution in [0.15, 0.2) is 60.7 Å². The van der Waals surface area contributed by atoms with Gasteiger partial charge in [-0.05, 0) is 64.9 Å². The summed E-state index contributed by atoms with van der Waals surface area (Å²) in [5.41, 5.74) is 8.72. The van der Waals surface area contributed by atoms with Crippen LogP contribution in [-0.2, 0) is 5.41 Å². The Balaban J connectivity index is 1.85. The number of fused-ring (bicyclic) bond motifs is 3. The molecule has 0 saturated carbocycles. The summed E-state index contributed by atoms with van der Waals surface area (Å²) < 4.78 is 0. The maximum Gasteiger partial charge on any atom is 0.0998 e. The number of hydrogen-bond donors (Lipinski definition) is 0. The Morgan fingerprint density at radius 3 is 1.97 bits per heavy atom. The fourth-order valence-corrected chi connectivity index (χ4v) is 5.94. The van der Waals surface area contributed by atoms with Gasteiger partial charge in [-0.3, -0.25) is 0 Å². The second-order valence-electron chi connectivity index (χ2n) is 9.99. The van der Waals surface area contributed by atoms with Crippen LogP contribution in [0.5, 0.6) is 0 Å². The number of nitrogens with zero attached hydrogens (tertiary/aromatic N) is 2. The molecule has 0 fully saturated rings. The SMILES string of the molecule is CCCCCCC1(CCCCCC)c2ccccc2-c2ccc(-c3cc(C#N)ccc3C#N)cc21. The lowest BCUT2D eigenvalue weighted by Gasteiger charge is -2.33. The van der Waals surface area contributed by atoms with Crippen LogP contribution in [0.1, 0.15) is 100 Å². The monoisotopic (exact) mass is 460 g/mol. The van der Waals surface area contributed by atoms with Crippen molar-refractivity contribution in [3.05, 3.63) is 82.9 Å². The molecule has 0 N–H and O–H groups in total. The molecule has 0 bridgehead atoms. The third kappa shape index (κ3) is 4.90. The molecule has 2 nitrogen and oxygen atoms in total. The molecule has 0 aromatic heterocycles. The third-order valence-electron chi connectivity index (χ3n) is 7.76. The summed E-state index contributed by atoms with van der Waals surface area (Å²) in [7, 11) is 0. The van der Waals surface area contributed by atoms with Crippen LogP contribution in [0, 0.1) is 22.7 Å². The van der Waals surface area contributed by atoms with Crippen LogP contribution in [-0.4, -0.2) is 0 Å². The summed E-state index contributed by atoms with van der Waals surface area (Å²) in [5.74, 6) is 0. The van der Waals surface area contributed by atoms with Gasteiger partial charge in [-0.2, -0.15) is 10.5 Å². The zero-order chi connectivity index (χ0) is 24.7. The van der Waals surface area contributed by atoms with E-state index >= 15 is 0 Å². The molecular weight excluding hydrogens is 424 g/mol. The van der Waals surface area contributed by atoms with Gasteiger partial charge < -0.3 is 0 Å². The molecule has 0 saturated heterocycles. The van der Waals surface area contributed by atoms with E-state index in [1.54, 1.807) is 12.1 Å². The fraction of sp³-hybridized carbons (Fsp3) is 0.394. The van der Waals surface area contributed by atoms with Gasteiger partial charge in [-0.25, -0.2) is 0 Å². The van der Waals surface area contributed by atoms with E-state index in [1.165, 1.54) is 73.6 Å². The molecular formula is C33H36N2. The van der Waals surface area contributed by atoms with Crippen LogP contribution in [0.25, 0.3) is 22.3 Å². The smallest absolute Gasteiger partial charge is 0.0998 e. The van der Waals surface area contributed by atoms with Crippen molar-refractivity contribution in [3.63, 3.8) is 0 Å². The summed E-state index contributed by atoms with van der Waals surface area (Å²) in [6, 6.07) is 25.7. The Labute approximate surface area is 211 Å². The minimum atomic E-state index is 0.0169. The van der Waals surface area contributed by atoms with Gasteiger partial charge in [0.25, 0.3) is 0 Å². The first-order chi connectivity index (χ1) is 17.2. The molecule has 3 aromatic carbocycles. The van der Waals surface area contributed by atoms with Crippen molar-refractivity contribution < 1.29 is 0 Å². The minimum Gasteiger partial charge on any atom is -0.192 e. The highest BCUT2D eigenvalue weighted by molar-refractivity contribution is 5.85. The quantitative estimate of drug-likeness (QED) is 0.268. The number of rotatable bonds is 11. The first-order valence-electron chi connectivity index (χ1n) is 13.4. The second kappa shape index (κ2) is 11.4. The minimum absolute atomic E-state index is 0.0169. The van der Waals surface area contributed by atoms with E-state index in [-0.39, 0.29) is 5.41 Å². The summed E-state index contributed by atoms with van der Waals surface area (Å²) in [6.07, 6.45) is 12.4. The van der Waals surface area contributed by atoms with Crippen molar-refractivity contribution in [1.29, 1.82) is 10.5 Å². The van der Waals surface area contributed by atoms with E-state index in [0.717, 1.165) is 24.0 Å². The van der Waals surface area contributed by atoms with Gasteiger partial charge >= 0.3 is 0 Å². The molecule has 4 rings (SSSR count). The van der Waals surface area contributed by atoms with Crippen molar-refractivity contribution >= 4 is 0 Å². The molecule has 0 atom stereocenters. The van der Waals surface area contributed by atoms with Crippen molar-refractivity contribution in [1.82, 2.24) is 0 Å². The largest absolute Gasteiger partial charge is 0.192 e. The van der Waals surface area contributed by atoms with E-state index in [2.05, 4.69) is 68.5 Å². The average molecular weight is 461 g/mol. The highest BCUT2D eigenvalue weighted by Gasteiger charge is 2.42. The summed E-state index contributed by atoms with van der Waals surface area (Å²) >= 11 is 0. The standard InChI is InChI=1S/C33H36N2/c1-3-5-7-11-19-33(20-12-8-6-4-2)31-14-10-9-13-28(31)29-18-17-26(22-32(29)33)30-21-25(23-34)15-16-27(30)24-35/h9-10,13-18,21-22H,3-8,11-12,19-20H2,1-2H3. The lowest BCUT2D eigenvalue weighted by molar-refractivity contribution is 0.401. The maximum absolute atomic E-state index is 9.78. The molecule has 0 spiro atoms. The van der Waals surface area contributed by atoms with E-state index in [4.69, 9.17) is 0 Å². The molecule has 0 amide bonds. The Morgan fingerprint density at radius 1 is 0.629 bits per heavy atom. The molecule has 1 aliphatic rings. The first-order valence-corrected chi connectivity index (χ1v) is 13.4. The topological polar surface area (TPSA) is 47.6 Å². The number of benzene rings is 3. The lowest BCUT2D eigenvalue weighted by Crippen LogP contribution is -2.25. The Morgan fingerprint density at radius 2 is 1.31 bits per heavy atom. The molecule has 0 radical (unpaired) electrons. The Kier molecular flexibility index (Phi) is 8.05. The van der Waals surface area contributed by atoms with Gasteiger partial charge in [0.15, 0.2) is 0 Å². The van der Waals surface area contributed by atoms with E-state index in [1.807, 2.05) is 6.07 Å². The number of hydrogen-bond acceptors (Lipinski definition) is 2. The van der Waals surface area contributed by atoms with Gasteiger partial charge in [-0.15, -0.1) is 0 Å². The molecule has 0 aliphatic heterocycles. The van der Waals surface area contributed by atoms with Gasteiger partial charge in [0.1, 0.15) is 0 Å².